The molecule has 12 heavy (non-hydrogen) atoms. The highest BCUT2D eigenvalue weighted by Crippen LogP contribution is 2.00. The molecule has 5 heteroatoms. The summed E-state index contributed by atoms with van der Waals surface area (Å²) in [5, 5.41) is 8.60. The molecule has 0 aliphatic carbocycles. The second-order valence-corrected chi connectivity index (χ2v) is 2.61. The Hall–Kier alpha value is -1.52. The number of hydrogen-bond acceptors (Lipinski definition) is 2. The predicted octanol–water partition coefficient (Wildman–Crippen LogP) is -0.168. The van der Waals surface area contributed by atoms with Gasteiger partial charge in [-0.1, -0.05) is 0 Å². The molecule has 0 radical (unpaired) electrons. The average molecular weight is 170 g/mol. The van der Waals surface area contributed by atoms with Crippen molar-refractivity contribution >= 4 is 5.97 Å². The number of aliphatic carboxylic acids is 1. The van der Waals surface area contributed by atoms with Crippen LogP contribution in [0.3, 0.4) is 0 Å². The summed E-state index contributed by atoms with van der Waals surface area (Å²) in [6.45, 7) is 1.46. The van der Waals surface area contributed by atoms with E-state index in [0.29, 0.717) is 0 Å². The Morgan fingerprint density at radius 3 is 2.50 bits per heavy atom. The molecule has 66 valence electrons. The molecule has 0 aliphatic heterocycles. The normalized spacial score (nSPS) is 12.8. The molecule has 0 spiro atoms. The number of nitrogens with zero attached hydrogens (tertiary/aromatic N) is 2. The van der Waals surface area contributed by atoms with Crippen LogP contribution in [0.15, 0.2) is 17.2 Å². The fourth-order valence-electron chi connectivity index (χ4n) is 0.895. The van der Waals surface area contributed by atoms with Gasteiger partial charge in [0, 0.05) is 19.4 Å². The van der Waals surface area contributed by atoms with E-state index in [-0.39, 0.29) is 5.69 Å². The van der Waals surface area contributed by atoms with Crippen LogP contribution in [0.5, 0.6) is 0 Å². The first-order valence-electron chi connectivity index (χ1n) is 3.50. The van der Waals surface area contributed by atoms with Crippen LogP contribution in [0, 0.1) is 0 Å². The van der Waals surface area contributed by atoms with Crippen molar-refractivity contribution in [1.82, 2.24) is 9.13 Å². The number of hydrogen-bond donors (Lipinski definition) is 1. The van der Waals surface area contributed by atoms with Crippen LogP contribution in [0.25, 0.3) is 0 Å². The Kier molecular flexibility index (Phi) is 2.03. The molecule has 0 aromatic carbocycles. The molecule has 5 nitrogen and oxygen atoms in total. The van der Waals surface area contributed by atoms with Gasteiger partial charge in [0.05, 0.1) is 0 Å². The Morgan fingerprint density at radius 1 is 1.58 bits per heavy atom. The summed E-state index contributed by atoms with van der Waals surface area (Å²) in [5.41, 5.74) is -0.315. The maximum Gasteiger partial charge on any atom is 0.328 e. The van der Waals surface area contributed by atoms with Crippen LogP contribution < -0.4 is 5.69 Å². The van der Waals surface area contributed by atoms with Gasteiger partial charge in [0.2, 0.25) is 0 Å². The standard InChI is InChI=1S/C7H10N2O3/c1-5(6(10)11)9-4-3-8(2)7(9)12/h3-5H,1-2H3,(H,10,11). The molecular formula is C7H10N2O3. The lowest BCUT2D eigenvalue weighted by Gasteiger charge is -2.04. The highest BCUT2D eigenvalue weighted by atomic mass is 16.4. The molecule has 0 saturated heterocycles. The number of aromatic nitrogens is 2. The molecular weight excluding hydrogens is 160 g/mol. The minimum atomic E-state index is -1.01. The van der Waals surface area contributed by atoms with E-state index >= 15 is 0 Å². The lowest BCUT2D eigenvalue weighted by molar-refractivity contribution is -0.140. The van der Waals surface area contributed by atoms with Gasteiger partial charge in [0.1, 0.15) is 6.04 Å². The van der Waals surface area contributed by atoms with Gasteiger partial charge in [0.25, 0.3) is 0 Å². The molecule has 0 bridgehead atoms. The molecule has 1 atom stereocenters. The monoisotopic (exact) mass is 170 g/mol. The summed E-state index contributed by atoms with van der Waals surface area (Å²) < 4.78 is 2.50. The van der Waals surface area contributed by atoms with Crippen LogP contribution >= 0.6 is 0 Å². The first-order valence-corrected chi connectivity index (χ1v) is 3.50. The van der Waals surface area contributed by atoms with Gasteiger partial charge in [-0.3, -0.25) is 4.57 Å². The summed E-state index contributed by atoms with van der Waals surface area (Å²) in [4.78, 5) is 21.7. The van der Waals surface area contributed by atoms with Crippen LogP contribution in [-0.2, 0) is 11.8 Å². The fraction of sp³-hybridized carbons (Fsp3) is 0.429. The van der Waals surface area contributed by atoms with Crippen molar-refractivity contribution in [2.75, 3.05) is 0 Å². The Bertz CT molecular complexity index is 350. The molecule has 1 aromatic heterocycles. The van der Waals surface area contributed by atoms with Gasteiger partial charge in [-0.05, 0) is 6.92 Å². The third kappa shape index (κ3) is 1.25. The smallest absolute Gasteiger partial charge is 0.328 e. The summed E-state index contributed by atoms with van der Waals surface area (Å²) in [7, 11) is 1.58. The van der Waals surface area contributed by atoms with E-state index in [1.165, 1.54) is 28.5 Å². The van der Waals surface area contributed by atoms with Crippen LogP contribution in [0.4, 0.5) is 0 Å². The number of carboxylic acids is 1. The second kappa shape index (κ2) is 2.84. The highest BCUT2D eigenvalue weighted by Gasteiger charge is 2.15. The van der Waals surface area contributed by atoms with E-state index < -0.39 is 12.0 Å². The van der Waals surface area contributed by atoms with Crippen molar-refractivity contribution in [1.29, 1.82) is 0 Å². The zero-order chi connectivity index (χ0) is 9.30. The number of imidazole rings is 1. The topological polar surface area (TPSA) is 64.2 Å². The van der Waals surface area contributed by atoms with Crippen LogP contribution in [0.1, 0.15) is 13.0 Å². The zero-order valence-electron chi connectivity index (χ0n) is 6.89. The third-order valence-electron chi connectivity index (χ3n) is 1.75. The Labute approximate surface area is 68.9 Å². The molecule has 0 fully saturated rings. The maximum absolute atomic E-state index is 11.2. The zero-order valence-corrected chi connectivity index (χ0v) is 6.89. The molecule has 0 aliphatic rings. The van der Waals surface area contributed by atoms with Crippen LogP contribution in [-0.4, -0.2) is 20.2 Å². The largest absolute Gasteiger partial charge is 0.480 e. The summed E-state index contributed by atoms with van der Waals surface area (Å²) in [5.74, 6) is -1.01. The van der Waals surface area contributed by atoms with E-state index in [1.54, 1.807) is 7.05 Å². The van der Waals surface area contributed by atoms with E-state index in [2.05, 4.69) is 0 Å². The van der Waals surface area contributed by atoms with Crippen molar-refractivity contribution < 1.29 is 9.90 Å². The lowest BCUT2D eigenvalue weighted by atomic mass is 10.3. The summed E-state index contributed by atoms with van der Waals surface area (Å²) >= 11 is 0. The quantitative estimate of drug-likeness (QED) is 0.670. The summed E-state index contributed by atoms with van der Waals surface area (Å²) in [6, 6.07) is -0.807. The molecule has 1 aromatic rings. The minimum Gasteiger partial charge on any atom is -0.480 e. The number of carboxylic acid groups (broad SMARTS) is 1. The number of aryl methyl sites for hydroxylation is 1. The molecule has 0 saturated carbocycles. The molecule has 0 amide bonds. The summed E-state index contributed by atoms with van der Waals surface area (Å²) in [6.07, 6.45) is 2.99. The Morgan fingerprint density at radius 2 is 2.17 bits per heavy atom. The lowest BCUT2D eigenvalue weighted by Crippen LogP contribution is -2.28. The molecule has 1 N–H and O–H groups in total. The average Bonchev–Trinajstić information content (AvgIpc) is 2.32. The van der Waals surface area contributed by atoms with Gasteiger partial charge in [-0.25, -0.2) is 9.59 Å². The van der Waals surface area contributed by atoms with Gasteiger partial charge < -0.3 is 9.67 Å². The minimum absolute atomic E-state index is 0.315. The SMILES string of the molecule is CC(C(=O)O)n1ccn(C)c1=O. The van der Waals surface area contributed by atoms with E-state index in [9.17, 15) is 9.59 Å². The molecule has 1 unspecified atom stereocenters. The molecule has 1 heterocycles. The van der Waals surface area contributed by atoms with Crippen molar-refractivity contribution in [2.45, 2.75) is 13.0 Å². The van der Waals surface area contributed by atoms with Crippen molar-refractivity contribution in [3.05, 3.63) is 22.9 Å². The first-order chi connectivity index (χ1) is 5.54. The number of carbonyl (C=O) groups is 1. The van der Waals surface area contributed by atoms with Gasteiger partial charge in [-0.2, -0.15) is 0 Å². The van der Waals surface area contributed by atoms with Gasteiger partial charge in [-0.15, -0.1) is 0 Å². The van der Waals surface area contributed by atoms with E-state index in [4.69, 9.17) is 5.11 Å². The highest BCUT2D eigenvalue weighted by molar-refractivity contribution is 5.71. The van der Waals surface area contributed by atoms with E-state index in [1.807, 2.05) is 0 Å². The van der Waals surface area contributed by atoms with E-state index in [0.717, 1.165) is 0 Å². The van der Waals surface area contributed by atoms with Crippen molar-refractivity contribution in [2.24, 2.45) is 7.05 Å². The Balaban J connectivity index is 3.12. The fourth-order valence-corrected chi connectivity index (χ4v) is 0.895. The third-order valence-corrected chi connectivity index (χ3v) is 1.75. The second-order valence-electron chi connectivity index (χ2n) is 2.61. The first kappa shape index (κ1) is 8.58. The van der Waals surface area contributed by atoms with Gasteiger partial charge >= 0.3 is 11.7 Å². The predicted molar refractivity (Wildman–Crippen MR) is 42.0 cm³/mol. The number of rotatable bonds is 2. The molecule has 1 rings (SSSR count). The van der Waals surface area contributed by atoms with Crippen LogP contribution in [0.2, 0.25) is 0 Å². The van der Waals surface area contributed by atoms with Crippen molar-refractivity contribution in [3.63, 3.8) is 0 Å². The maximum atomic E-state index is 11.2. The van der Waals surface area contributed by atoms with Crippen molar-refractivity contribution in [3.8, 4) is 0 Å². The van der Waals surface area contributed by atoms with Gasteiger partial charge in [0.15, 0.2) is 0 Å².